The third kappa shape index (κ3) is 3.29. The number of hydrogen-bond donors (Lipinski definition) is 1. The van der Waals surface area contributed by atoms with Crippen LogP contribution < -0.4 is 5.32 Å². The van der Waals surface area contributed by atoms with Crippen molar-refractivity contribution in [2.24, 2.45) is 5.92 Å². The lowest BCUT2D eigenvalue weighted by Gasteiger charge is -2.22. The van der Waals surface area contributed by atoms with Gasteiger partial charge in [-0.25, -0.2) is 4.68 Å². The van der Waals surface area contributed by atoms with Gasteiger partial charge in [-0.1, -0.05) is 26.2 Å². The van der Waals surface area contributed by atoms with Gasteiger partial charge in [0.25, 0.3) is 0 Å². The molecule has 0 aromatic carbocycles. The SMILES string of the molecule is CCCn1nc(C)c([N+](=O)[O-])c1NCC1CCCCC1. The van der Waals surface area contributed by atoms with Crippen LogP contribution >= 0.6 is 0 Å². The smallest absolute Gasteiger partial charge is 0.333 e. The first-order valence-corrected chi connectivity index (χ1v) is 7.59. The van der Waals surface area contributed by atoms with E-state index < -0.39 is 0 Å². The fraction of sp³-hybridized carbons (Fsp3) is 0.786. The zero-order valence-corrected chi connectivity index (χ0v) is 12.4. The number of nitrogens with one attached hydrogen (secondary N) is 1. The third-order valence-corrected chi connectivity index (χ3v) is 4.00. The summed E-state index contributed by atoms with van der Waals surface area (Å²) in [6.07, 6.45) is 7.24. The molecule has 2 rings (SSSR count). The molecule has 0 radical (unpaired) electrons. The predicted octanol–water partition coefficient (Wildman–Crippen LogP) is 3.50. The van der Waals surface area contributed by atoms with Gasteiger partial charge in [0.2, 0.25) is 5.82 Å². The largest absolute Gasteiger partial charge is 0.364 e. The van der Waals surface area contributed by atoms with Crippen molar-refractivity contribution in [1.29, 1.82) is 0 Å². The Balaban J connectivity index is 2.12. The molecule has 1 aromatic heterocycles. The Labute approximate surface area is 119 Å². The zero-order chi connectivity index (χ0) is 14.5. The lowest BCUT2D eigenvalue weighted by molar-refractivity contribution is -0.384. The fourth-order valence-electron chi connectivity index (χ4n) is 2.97. The van der Waals surface area contributed by atoms with Crippen molar-refractivity contribution in [2.75, 3.05) is 11.9 Å². The van der Waals surface area contributed by atoms with E-state index in [-0.39, 0.29) is 10.6 Å². The van der Waals surface area contributed by atoms with Crippen LogP contribution in [-0.2, 0) is 6.54 Å². The highest BCUT2D eigenvalue weighted by Crippen LogP contribution is 2.30. The van der Waals surface area contributed by atoms with Gasteiger partial charge in [-0.15, -0.1) is 0 Å². The van der Waals surface area contributed by atoms with Gasteiger partial charge in [-0.3, -0.25) is 10.1 Å². The van der Waals surface area contributed by atoms with E-state index in [2.05, 4.69) is 10.4 Å². The molecule has 1 aliphatic rings. The number of aryl methyl sites for hydroxylation is 2. The molecule has 0 amide bonds. The predicted molar refractivity (Wildman–Crippen MR) is 79.0 cm³/mol. The number of rotatable bonds is 6. The maximum absolute atomic E-state index is 11.2. The Bertz CT molecular complexity index is 464. The zero-order valence-electron chi connectivity index (χ0n) is 12.4. The van der Waals surface area contributed by atoms with E-state index in [0.717, 1.165) is 13.0 Å². The highest BCUT2D eigenvalue weighted by Gasteiger charge is 2.25. The summed E-state index contributed by atoms with van der Waals surface area (Å²) in [6, 6.07) is 0. The minimum atomic E-state index is -0.322. The molecule has 0 unspecified atom stereocenters. The minimum absolute atomic E-state index is 0.134. The van der Waals surface area contributed by atoms with E-state index in [9.17, 15) is 10.1 Å². The molecule has 0 bridgehead atoms. The van der Waals surface area contributed by atoms with Gasteiger partial charge in [-0.2, -0.15) is 5.10 Å². The summed E-state index contributed by atoms with van der Waals surface area (Å²) in [5.41, 5.74) is 0.629. The van der Waals surface area contributed by atoms with Crippen LogP contribution in [0.15, 0.2) is 0 Å². The summed E-state index contributed by atoms with van der Waals surface area (Å²) in [7, 11) is 0. The normalized spacial score (nSPS) is 16.3. The highest BCUT2D eigenvalue weighted by atomic mass is 16.6. The molecular weight excluding hydrogens is 256 g/mol. The van der Waals surface area contributed by atoms with Gasteiger partial charge >= 0.3 is 5.69 Å². The lowest BCUT2D eigenvalue weighted by atomic mass is 9.89. The molecule has 20 heavy (non-hydrogen) atoms. The van der Waals surface area contributed by atoms with E-state index in [1.54, 1.807) is 11.6 Å². The summed E-state index contributed by atoms with van der Waals surface area (Å²) in [4.78, 5) is 10.9. The topological polar surface area (TPSA) is 73.0 Å². The van der Waals surface area contributed by atoms with E-state index in [1.807, 2.05) is 6.92 Å². The number of anilines is 1. The first kappa shape index (κ1) is 14.8. The average Bonchev–Trinajstić information content (AvgIpc) is 2.74. The van der Waals surface area contributed by atoms with E-state index in [0.29, 0.717) is 24.0 Å². The number of aromatic nitrogens is 2. The van der Waals surface area contributed by atoms with Crippen molar-refractivity contribution in [1.82, 2.24) is 9.78 Å². The van der Waals surface area contributed by atoms with Crippen LogP contribution in [0.25, 0.3) is 0 Å². The number of hydrogen-bond acceptors (Lipinski definition) is 4. The summed E-state index contributed by atoms with van der Waals surface area (Å²) in [6.45, 7) is 5.28. The first-order valence-electron chi connectivity index (χ1n) is 7.59. The number of nitro groups is 1. The molecule has 1 saturated carbocycles. The second-order valence-electron chi connectivity index (χ2n) is 5.65. The second kappa shape index (κ2) is 6.72. The second-order valence-corrected chi connectivity index (χ2v) is 5.65. The maximum atomic E-state index is 11.2. The van der Waals surface area contributed by atoms with Crippen LogP contribution in [-0.4, -0.2) is 21.2 Å². The quantitative estimate of drug-likeness (QED) is 0.639. The van der Waals surface area contributed by atoms with Crippen molar-refractivity contribution in [2.45, 2.75) is 58.9 Å². The standard InChI is InChI=1S/C14H24N4O2/c1-3-9-17-14(13(18(19)20)11(2)16-17)15-10-12-7-5-4-6-8-12/h12,15H,3-10H2,1-2H3. The molecule has 1 N–H and O–H groups in total. The Morgan fingerprint density at radius 2 is 2.10 bits per heavy atom. The summed E-state index contributed by atoms with van der Waals surface area (Å²) < 4.78 is 1.75. The summed E-state index contributed by atoms with van der Waals surface area (Å²) >= 11 is 0. The Kier molecular flexibility index (Phi) is 4.98. The molecule has 0 spiro atoms. The van der Waals surface area contributed by atoms with Crippen LogP contribution in [0, 0.1) is 23.0 Å². The molecule has 1 fully saturated rings. The van der Waals surface area contributed by atoms with E-state index in [1.165, 1.54) is 32.1 Å². The van der Waals surface area contributed by atoms with Crippen LogP contribution in [0.2, 0.25) is 0 Å². The van der Waals surface area contributed by atoms with Gasteiger partial charge in [0, 0.05) is 13.1 Å². The minimum Gasteiger partial charge on any atom is -0.364 e. The molecule has 1 aromatic rings. The Morgan fingerprint density at radius 3 is 2.70 bits per heavy atom. The van der Waals surface area contributed by atoms with Crippen LogP contribution in [0.5, 0.6) is 0 Å². The average molecular weight is 280 g/mol. The molecule has 112 valence electrons. The monoisotopic (exact) mass is 280 g/mol. The van der Waals surface area contributed by atoms with Crippen molar-refractivity contribution >= 4 is 11.5 Å². The van der Waals surface area contributed by atoms with Crippen LogP contribution in [0.4, 0.5) is 11.5 Å². The van der Waals surface area contributed by atoms with E-state index in [4.69, 9.17) is 0 Å². The van der Waals surface area contributed by atoms with Gasteiger partial charge in [0.15, 0.2) is 0 Å². The Morgan fingerprint density at radius 1 is 1.40 bits per heavy atom. The van der Waals surface area contributed by atoms with Crippen LogP contribution in [0.1, 0.15) is 51.1 Å². The molecule has 0 saturated heterocycles. The number of nitrogens with zero attached hydrogens (tertiary/aromatic N) is 3. The first-order chi connectivity index (χ1) is 9.63. The lowest BCUT2D eigenvalue weighted by Crippen LogP contribution is -2.19. The molecule has 0 atom stereocenters. The molecular formula is C14H24N4O2. The van der Waals surface area contributed by atoms with Gasteiger partial charge in [0.05, 0.1) is 4.92 Å². The van der Waals surface area contributed by atoms with Crippen LogP contribution in [0.3, 0.4) is 0 Å². The molecule has 1 aliphatic carbocycles. The Hall–Kier alpha value is -1.59. The van der Waals surface area contributed by atoms with Crippen molar-refractivity contribution in [3.05, 3.63) is 15.8 Å². The van der Waals surface area contributed by atoms with Crippen molar-refractivity contribution in [3.63, 3.8) is 0 Å². The van der Waals surface area contributed by atoms with Crippen molar-refractivity contribution in [3.8, 4) is 0 Å². The van der Waals surface area contributed by atoms with Gasteiger partial charge in [-0.05, 0) is 32.1 Å². The highest BCUT2D eigenvalue weighted by molar-refractivity contribution is 5.59. The molecule has 6 heteroatoms. The van der Waals surface area contributed by atoms with Crippen molar-refractivity contribution < 1.29 is 4.92 Å². The molecule has 6 nitrogen and oxygen atoms in total. The molecule has 0 aliphatic heterocycles. The maximum Gasteiger partial charge on any atom is 0.333 e. The fourth-order valence-corrected chi connectivity index (χ4v) is 2.97. The van der Waals surface area contributed by atoms with Gasteiger partial charge in [0.1, 0.15) is 5.69 Å². The summed E-state index contributed by atoms with van der Waals surface area (Å²) in [5, 5.41) is 18.8. The van der Waals surface area contributed by atoms with Gasteiger partial charge < -0.3 is 5.32 Å². The van der Waals surface area contributed by atoms with E-state index >= 15 is 0 Å². The summed E-state index contributed by atoms with van der Waals surface area (Å²) in [5.74, 6) is 1.22. The third-order valence-electron chi connectivity index (χ3n) is 4.00. The molecule has 1 heterocycles.